The van der Waals surface area contributed by atoms with E-state index in [0.717, 1.165) is 5.69 Å². The summed E-state index contributed by atoms with van der Waals surface area (Å²) >= 11 is 0. The Bertz CT molecular complexity index is 592. The van der Waals surface area contributed by atoms with Gasteiger partial charge in [0.2, 0.25) is 0 Å². The van der Waals surface area contributed by atoms with Crippen molar-refractivity contribution < 1.29 is 19.4 Å². The van der Waals surface area contributed by atoms with Crippen LogP contribution in [0.3, 0.4) is 0 Å². The molecule has 0 saturated heterocycles. The highest BCUT2D eigenvalue weighted by molar-refractivity contribution is 5.87. The number of carbonyl (C=O) groups is 2. The summed E-state index contributed by atoms with van der Waals surface area (Å²) in [6, 6.07) is 2.75. The zero-order valence-corrected chi connectivity index (χ0v) is 13.4. The van der Waals surface area contributed by atoms with Crippen LogP contribution >= 0.6 is 0 Å². The lowest BCUT2D eigenvalue weighted by Crippen LogP contribution is -2.45. The molecule has 0 aromatic carbocycles. The fraction of sp³-hybridized carbons (Fsp3) is 0.562. The largest absolute Gasteiger partial charge is 0.444 e. The fourth-order valence-corrected chi connectivity index (χ4v) is 2.57. The summed E-state index contributed by atoms with van der Waals surface area (Å²) < 4.78 is 5.39. The average molecular weight is 306 g/mol. The Kier molecular flexibility index (Phi) is 4.51. The average Bonchev–Trinajstić information content (AvgIpc) is 2.43. The van der Waals surface area contributed by atoms with E-state index in [1.54, 1.807) is 32.9 Å². The number of rotatable bonds is 2. The number of aromatic nitrogens is 1. The molecular formula is C16H22N2O4. The number of aliphatic hydroxyl groups is 1. The Morgan fingerprint density at radius 3 is 2.64 bits per heavy atom. The van der Waals surface area contributed by atoms with Crippen molar-refractivity contribution in [2.75, 3.05) is 6.54 Å². The van der Waals surface area contributed by atoms with Crippen molar-refractivity contribution >= 4 is 11.9 Å². The Labute approximate surface area is 130 Å². The minimum absolute atomic E-state index is 0.134. The molecule has 2 heterocycles. The number of aliphatic hydroxyl groups excluding tert-OH is 1. The van der Waals surface area contributed by atoms with Crippen LogP contribution in [0.25, 0.3) is 0 Å². The van der Waals surface area contributed by atoms with Gasteiger partial charge in [0.1, 0.15) is 11.6 Å². The van der Waals surface area contributed by atoms with Crippen molar-refractivity contribution in [3.05, 3.63) is 29.1 Å². The highest BCUT2D eigenvalue weighted by Gasteiger charge is 2.36. The van der Waals surface area contributed by atoms with Gasteiger partial charge in [-0.25, -0.2) is 4.79 Å². The maximum Gasteiger partial charge on any atom is 0.411 e. The first-order valence-electron chi connectivity index (χ1n) is 7.32. The van der Waals surface area contributed by atoms with E-state index in [-0.39, 0.29) is 12.4 Å². The van der Waals surface area contributed by atoms with Crippen LogP contribution in [0.4, 0.5) is 4.79 Å². The second kappa shape index (κ2) is 6.04. The van der Waals surface area contributed by atoms with E-state index in [1.165, 1.54) is 11.8 Å². The van der Waals surface area contributed by atoms with Gasteiger partial charge in [-0.2, -0.15) is 0 Å². The number of fused-ring (bicyclic) bond motifs is 1. The first-order valence-corrected chi connectivity index (χ1v) is 7.32. The van der Waals surface area contributed by atoms with E-state index >= 15 is 0 Å². The molecule has 0 bridgehead atoms. The number of hydrogen-bond acceptors (Lipinski definition) is 5. The van der Waals surface area contributed by atoms with Gasteiger partial charge in [-0.1, -0.05) is 6.07 Å². The number of nitrogens with zero attached hydrogens (tertiary/aromatic N) is 2. The first-order chi connectivity index (χ1) is 10.2. The van der Waals surface area contributed by atoms with Crippen molar-refractivity contribution in [2.45, 2.75) is 52.4 Å². The Hall–Kier alpha value is -1.95. The van der Waals surface area contributed by atoms with Gasteiger partial charge < -0.3 is 9.84 Å². The van der Waals surface area contributed by atoms with E-state index in [0.29, 0.717) is 24.2 Å². The van der Waals surface area contributed by atoms with E-state index in [1.807, 2.05) is 0 Å². The highest BCUT2D eigenvalue weighted by atomic mass is 16.6. The predicted octanol–water partition coefficient (Wildman–Crippen LogP) is 2.00. The molecule has 0 saturated carbocycles. The molecule has 22 heavy (non-hydrogen) atoms. The zero-order chi connectivity index (χ0) is 16.5. The van der Waals surface area contributed by atoms with Crippen LogP contribution in [-0.4, -0.2) is 39.0 Å². The monoisotopic (exact) mass is 306 g/mol. The van der Waals surface area contributed by atoms with Crippen molar-refractivity contribution in [2.24, 2.45) is 0 Å². The molecule has 1 atom stereocenters. The molecule has 6 nitrogen and oxygen atoms in total. The molecule has 0 aliphatic carbocycles. The van der Waals surface area contributed by atoms with Gasteiger partial charge in [0, 0.05) is 24.2 Å². The van der Waals surface area contributed by atoms with Crippen LogP contribution < -0.4 is 0 Å². The second-order valence-corrected chi connectivity index (χ2v) is 6.43. The standard InChI is InChI=1S/C16H22N2O4/c1-10(20)14-12-6-5-11(9-19)17-13(12)7-8-18(14)15(21)22-16(2,3)4/h5-6,14,19H,7-9H2,1-4H3. The number of ketones is 1. The lowest BCUT2D eigenvalue weighted by atomic mass is 9.94. The summed E-state index contributed by atoms with van der Waals surface area (Å²) in [7, 11) is 0. The van der Waals surface area contributed by atoms with Gasteiger partial charge in [-0.3, -0.25) is 14.7 Å². The molecule has 1 aromatic rings. The van der Waals surface area contributed by atoms with Crippen molar-refractivity contribution in [3.8, 4) is 0 Å². The van der Waals surface area contributed by atoms with Crippen LogP contribution in [0.5, 0.6) is 0 Å². The number of hydrogen-bond donors (Lipinski definition) is 1. The lowest BCUT2D eigenvalue weighted by molar-refractivity contribution is -0.122. The van der Waals surface area contributed by atoms with Crippen molar-refractivity contribution in [1.82, 2.24) is 9.88 Å². The van der Waals surface area contributed by atoms with Crippen molar-refractivity contribution in [1.29, 1.82) is 0 Å². The Balaban J connectivity index is 2.34. The van der Waals surface area contributed by atoms with Gasteiger partial charge in [0.15, 0.2) is 5.78 Å². The third kappa shape index (κ3) is 3.44. The van der Waals surface area contributed by atoms with Gasteiger partial charge in [-0.15, -0.1) is 0 Å². The fourth-order valence-electron chi connectivity index (χ4n) is 2.57. The predicted molar refractivity (Wildman–Crippen MR) is 80.2 cm³/mol. The van der Waals surface area contributed by atoms with Crippen molar-refractivity contribution in [3.63, 3.8) is 0 Å². The summed E-state index contributed by atoms with van der Waals surface area (Å²) in [6.07, 6.45) is 0.0382. The van der Waals surface area contributed by atoms with Crippen LogP contribution in [0.15, 0.2) is 12.1 Å². The molecule has 1 aliphatic rings. The third-order valence-electron chi connectivity index (χ3n) is 3.44. The number of Topliss-reactive ketones (excluding diaryl/α,β-unsaturated/α-hetero) is 1. The van der Waals surface area contributed by atoms with Gasteiger partial charge >= 0.3 is 6.09 Å². The summed E-state index contributed by atoms with van der Waals surface area (Å²) in [4.78, 5) is 30.2. The molecule has 1 aromatic heterocycles. The topological polar surface area (TPSA) is 79.7 Å². The van der Waals surface area contributed by atoms with Gasteiger partial charge in [0.05, 0.1) is 12.3 Å². The molecule has 1 N–H and O–H groups in total. The molecule has 6 heteroatoms. The molecule has 2 rings (SSSR count). The highest BCUT2D eigenvalue weighted by Crippen LogP contribution is 2.31. The third-order valence-corrected chi connectivity index (χ3v) is 3.44. The van der Waals surface area contributed by atoms with Crippen LogP contribution in [0.1, 0.15) is 50.7 Å². The number of pyridine rings is 1. The van der Waals surface area contributed by atoms with Crippen LogP contribution in [0, 0.1) is 0 Å². The Morgan fingerprint density at radius 1 is 1.41 bits per heavy atom. The maximum absolute atomic E-state index is 12.4. The summed E-state index contributed by atoms with van der Waals surface area (Å²) in [5, 5.41) is 9.17. The minimum Gasteiger partial charge on any atom is -0.444 e. The summed E-state index contributed by atoms with van der Waals surface area (Å²) in [6.45, 7) is 7.06. The summed E-state index contributed by atoms with van der Waals surface area (Å²) in [5.74, 6) is -0.134. The summed E-state index contributed by atoms with van der Waals surface area (Å²) in [5.41, 5.74) is 1.41. The Morgan fingerprint density at radius 2 is 2.09 bits per heavy atom. The first kappa shape index (κ1) is 16.4. The molecule has 0 fully saturated rings. The molecule has 1 unspecified atom stereocenters. The lowest BCUT2D eigenvalue weighted by Gasteiger charge is -2.36. The SMILES string of the molecule is CC(=O)C1c2ccc(CO)nc2CCN1C(=O)OC(C)(C)C. The van der Waals surface area contributed by atoms with E-state index in [4.69, 9.17) is 9.84 Å². The van der Waals surface area contributed by atoms with E-state index in [9.17, 15) is 9.59 Å². The quantitative estimate of drug-likeness (QED) is 0.904. The molecule has 1 aliphatic heterocycles. The smallest absolute Gasteiger partial charge is 0.411 e. The molecular weight excluding hydrogens is 284 g/mol. The molecule has 0 spiro atoms. The van der Waals surface area contributed by atoms with Gasteiger partial charge in [0.25, 0.3) is 0 Å². The number of carbonyl (C=O) groups excluding carboxylic acids is 2. The molecule has 0 radical (unpaired) electrons. The maximum atomic E-state index is 12.4. The van der Waals surface area contributed by atoms with Crippen LogP contribution in [-0.2, 0) is 22.6 Å². The number of ether oxygens (including phenoxy) is 1. The molecule has 1 amide bonds. The van der Waals surface area contributed by atoms with Crippen LogP contribution in [0.2, 0.25) is 0 Å². The zero-order valence-electron chi connectivity index (χ0n) is 13.4. The van der Waals surface area contributed by atoms with Gasteiger partial charge in [-0.05, 0) is 33.8 Å². The second-order valence-electron chi connectivity index (χ2n) is 6.43. The number of amides is 1. The minimum atomic E-state index is -0.682. The van der Waals surface area contributed by atoms with E-state index in [2.05, 4.69) is 4.98 Å². The van der Waals surface area contributed by atoms with E-state index < -0.39 is 17.7 Å². The molecule has 120 valence electrons. The normalized spacial score (nSPS) is 17.9.